The molecule has 0 heterocycles. The van der Waals surface area contributed by atoms with Gasteiger partial charge in [0.25, 0.3) is 5.91 Å². The Kier molecular flexibility index (Phi) is 11.0. The minimum absolute atomic E-state index is 0.0988. The van der Waals surface area contributed by atoms with Crippen LogP contribution in [0.1, 0.15) is 85.1 Å². The van der Waals surface area contributed by atoms with Crippen molar-refractivity contribution in [3.63, 3.8) is 0 Å². The molecule has 1 unspecified atom stereocenters. The standard InChI is InChI=1S/C22H31F2N3O2.C7H13NO/c1-14(28)19(21(2,3)4)27-20(29)18(25)16-7-5-6-8-17(16)26-13-15-9-11-22(23,24)12-10-15;1-2-5-3-6(4-5)7(8)9/h5-8,15,19,25-26H,9-13H2,1-4H3,(H,27,29);5-6H,2-4H2,1H3,(H2,8,9). The normalized spacial score (nSPS) is 21.7. The van der Waals surface area contributed by atoms with E-state index >= 15 is 0 Å². The molecule has 1 aromatic carbocycles. The van der Waals surface area contributed by atoms with Gasteiger partial charge >= 0.3 is 0 Å². The Bertz CT molecular complexity index is 990. The number of hydrogen-bond acceptors (Lipinski definition) is 5. The van der Waals surface area contributed by atoms with Crippen LogP contribution in [0, 0.1) is 28.6 Å². The van der Waals surface area contributed by atoms with Gasteiger partial charge in [-0.15, -0.1) is 0 Å². The zero-order chi connectivity index (χ0) is 28.7. The van der Waals surface area contributed by atoms with Crippen molar-refractivity contribution in [1.82, 2.24) is 5.32 Å². The molecule has 2 amide bonds. The molecule has 212 valence electrons. The summed E-state index contributed by atoms with van der Waals surface area (Å²) < 4.78 is 26.7. The first-order valence-electron chi connectivity index (χ1n) is 13.5. The van der Waals surface area contributed by atoms with Crippen molar-refractivity contribution in [2.24, 2.45) is 28.9 Å². The fourth-order valence-electron chi connectivity index (χ4n) is 4.97. The number of halogens is 2. The van der Waals surface area contributed by atoms with Crippen LogP contribution >= 0.6 is 0 Å². The number of Topliss-reactive ketones (excluding diaryl/α,β-unsaturated/α-hetero) is 1. The molecule has 2 fully saturated rings. The van der Waals surface area contributed by atoms with Crippen LogP contribution in [0.2, 0.25) is 0 Å². The lowest BCUT2D eigenvalue weighted by Gasteiger charge is -2.31. The first-order chi connectivity index (χ1) is 17.6. The molecule has 0 spiro atoms. The zero-order valence-corrected chi connectivity index (χ0v) is 23.3. The van der Waals surface area contributed by atoms with Crippen LogP contribution < -0.4 is 16.4 Å². The van der Waals surface area contributed by atoms with Gasteiger partial charge in [0.2, 0.25) is 11.8 Å². The highest BCUT2D eigenvalue weighted by Gasteiger charge is 2.35. The average molecular weight is 535 g/mol. The molecular formula is C29H44F2N4O3. The molecule has 2 saturated carbocycles. The van der Waals surface area contributed by atoms with Gasteiger partial charge in [-0.05, 0) is 55.9 Å². The number of para-hydroxylation sites is 1. The third kappa shape index (κ3) is 9.17. The van der Waals surface area contributed by atoms with E-state index < -0.39 is 23.3 Å². The second-order valence-corrected chi connectivity index (χ2v) is 11.8. The fourth-order valence-corrected chi connectivity index (χ4v) is 4.97. The maximum atomic E-state index is 13.3. The number of nitrogens with one attached hydrogen (secondary N) is 3. The smallest absolute Gasteiger partial charge is 0.270 e. The Balaban J connectivity index is 0.000000474. The molecule has 3 rings (SSSR count). The van der Waals surface area contributed by atoms with E-state index in [-0.39, 0.29) is 42.1 Å². The highest BCUT2D eigenvalue weighted by Crippen LogP contribution is 2.36. The highest BCUT2D eigenvalue weighted by atomic mass is 19.3. The molecule has 0 saturated heterocycles. The van der Waals surface area contributed by atoms with Crippen molar-refractivity contribution in [2.75, 3.05) is 11.9 Å². The summed E-state index contributed by atoms with van der Waals surface area (Å²) in [6.07, 6.45) is 3.97. The Labute approximate surface area is 225 Å². The lowest BCUT2D eigenvalue weighted by Crippen LogP contribution is -2.50. The van der Waals surface area contributed by atoms with Gasteiger partial charge in [0.05, 0.1) is 6.04 Å². The molecule has 38 heavy (non-hydrogen) atoms. The second-order valence-electron chi connectivity index (χ2n) is 11.8. The van der Waals surface area contributed by atoms with Crippen LogP contribution in [-0.2, 0) is 14.4 Å². The van der Waals surface area contributed by atoms with Crippen LogP contribution in [0.3, 0.4) is 0 Å². The molecule has 9 heteroatoms. The Hall–Kier alpha value is -2.84. The average Bonchev–Trinajstić information content (AvgIpc) is 2.80. The Morgan fingerprint density at radius 2 is 1.68 bits per heavy atom. The van der Waals surface area contributed by atoms with E-state index in [9.17, 15) is 23.2 Å². The van der Waals surface area contributed by atoms with Gasteiger partial charge in [-0.1, -0.05) is 52.3 Å². The van der Waals surface area contributed by atoms with E-state index in [0.29, 0.717) is 30.6 Å². The SMILES string of the molecule is CC(=O)C(NC(=O)C(=N)c1ccccc1NCC1CCC(F)(F)CC1)C(C)(C)C.CCC1CC(C(N)=O)C1. The number of rotatable bonds is 9. The summed E-state index contributed by atoms with van der Waals surface area (Å²) in [5, 5.41) is 14.2. The summed E-state index contributed by atoms with van der Waals surface area (Å²) in [7, 11) is 0. The number of anilines is 1. The molecule has 1 aromatic rings. The van der Waals surface area contributed by atoms with Gasteiger partial charge in [-0.3, -0.25) is 19.8 Å². The topological polar surface area (TPSA) is 125 Å². The first kappa shape index (κ1) is 31.4. The van der Waals surface area contributed by atoms with Crippen molar-refractivity contribution in [3.8, 4) is 0 Å². The van der Waals surface area contributed by atoms with E-state index in [1.165, 1.54) is 13.3 Å². The summed E-state index contributed by atoms with van der Waals surface area (Å²) in [5.74, 6) is -2.34. The van der Waals surface area contributed by atoms with Gasteiger partial charge in [-0.25, -0.2) is 8.78 Å². The van der Waals surface area contributed by atoms with Crippen LogP contribution in [0.4, 0.5) is 14.5 Å². The van der Waals surface area contributed by atoms with Crippen LogP contribution in [0.5, 0.6) is 0 Å². The molecule has 0 radical (unpaired) electrons. The molecule has 2 aliphatic carbocycles. The predicted molar refractivity (Wildman–Crippen MR) is 146 cm³/mol. The Morgan fingerprint density at radius 1 is 1.11 bits per heavy atom. The van der Waals surface area contributed by atoms with Gasteiger partial charge in [0.15, 0.2) is 5.78 Å². The van der Waals surface area contributed by atoms with Gasteiger partial charge in [0, 0.05) is 36.6 Å². The predicted octanol–water partition coefficient (Wildman–Crippen LogP) is 5.32. The van der Waals surface area contributed by atoms with Gasteiger partial charge < -0.3 is 16.4 Å². The quantitative estimate of drug-likeness (QED) is 0.320. The first-order valence-corrected chi connectivity index (χ1v) is 13.5. The largest absolute Gasteiger partial charge is 0.384 e. The monoisotopic (exact) mass is 534 g/mol. The third-order valence-corrected chi connectivity index (χ3v) is 7.60. The number of primary amides is 1. The summed E-state index contributed by atoms with van der Waals surface area (Å²) in [6, 6.07) is 6.26. The lowest BCUT2D eigenvalue weighted by molar-refractivity contribution is -0.126. The van der Waals surface area contributed by atoms with E-state index in [0.717, 1.165) is 18.8 Å². The number of amides is 2. The number of ketones is 1. The molecule has 2 aliphatic rings. The third-order valence-electron chi connectivity index (χ3n) is 7.60. The van der Waals surface area contributed by atoms with Crippen molar-refractivity contribution in [3.05, 3.63) is 29.8 Å². The maximum Gasteiger partial charge on any atom is 0.270 e. The minimum Gasteiger partial charge on any atom is -0.384 e. The summed E-state index contributed by atoms with van der Waals surface area (Å²) in [6.45, 7) is 9.65. The molecule has 0 bridgehead atoms. The van der Waals surface area contributed by atoms with Crippen LogP contribution in [-0.4, -0.2) is 41.8 Å². The number of carbonyl (C=O) groups excluding carboxylic acids is 3. The molecule has 7 nitrogen and oxygen atoms in total. The van der Waals surface area contributed by atoms with Crippen molar-refractivity contribution >= 4 is 29.0 Å². The van der Waals surface area contributed by atoms with E-state index in [4.69, 9.17) is 11.1 Å². The zero-order valence-electron chi connectivity index (χ0n) is 23.3. The van der Waals surface area contributed by atoms with E-state index in [1.807, 2.05) is 20.8 Å². The highest BCUT2D eigenvalue weighted by molar-refractivity contribution is 6.45. The van der Waals surface area contributed by atoms with Crippen LogP contribution in [0.25, 0.3) is 0 Å². The molecule has 5 N–H and O–H groups in total. The Morgan fingerprint density at radius 3 is 2.18 bits per heavy atom. The summed E-state index contributed by atoms with van der Waals surface area (Å²) in [4.78, 5) is 35.0. The number of alkyl halides is 2. The van der Waals surface area contributed by atoms with Crippen molar-refractivity contribution < 1.29 is 23.2 Å². The summed E-state index contributed by atoms with van der Waals surface area (Å²) in [5.41, 5.74) is 5.40. The minimum atomic E-state index is -2.56. The number of nitrogens with two attached hydrogens (primary N) is 1. The fraction of sp³-hybridized carbons (Fsp3) is 0.655. The van der Waals surface area contributed by atoms with Gasteiger partial charge in [0.1, 0.15) is 5.71 Å². The summed E-state index contributed by atoms with van der Waals surface area (Å²) >= 11 is 0. The number of carbonyl (C=O) groups is 3. The molecule has 0 aromatic heterocycles. The number of benzene rings is 1. The van der Waals surface area contributed by atoms with E-state index in [1.54, 1.807) is 24.3 Å². The van der Waals surface area contributed by atoms with Crippen molar-refractivity contribution in [2.45, 2.75) is 91.5 Å². The maximum absolute atomic E-state index is 13.3. The van der Waals surface area contributed by atoms with Crippen LogP contribution in [0.15, 0.2) is 24.3 Å². The number of hydrogen-bond donors (Lipinski definition) is 4. The molecule has 1 atom stereocenters. The van der Waals surface area contributed by atoms with Gasteiger partial charge in [-0.2, -0.15) is 0 Å². The molecule has 0 aliphatic heterocycles. The van der Waals surface area contributed by atoms with E-state index in [2.05, 4.69) is 17.6 Å². The second kappa shape index (κ2) is 13.3. The lowest BCUT2D eigenvalue weighted by atomic mass is 9.73. The van der Waals surface area contributed by atoms with Crippen molar-refractivity contribution in [1.29, 1.82) is 5.41 Å². The molecular weight excluding hydrogens is 490 g/mol.